The maximum Gasteiger partial charge on any atom is 0.180 e. The fourth-order valence-electron chi connectivity index (χ4n) is 3.43. The lowest BCUT2D eigenvalue weighted by Gasteiger charge is -2.22. The van der Waals surface area contributed by atoms with E-state index in [0.29, 0.717) is 10.8 Å². The summed E-state index contributed by atoms with van der Waals surface area (Å²) in [4.78, 5) is 3.01. The molecule has 5 heteroatoms. The van der Waals surface area contributed by atoms with Crippen molar-refractivity contribution in [2.75, 3.05) is 31.9 Å². The van der Waals surface area contributed by atoms with Crippen molar-refractivity contribution < 1.29 is 8.42 Å². The van der Waals surface area contributed by atoms with Gasteiger partial charge < -0.3 is 10.2 Å². The van der Waals surface area contributed by atoms with Gasteiger partial charge in [0, 0.05) is 12.6 Å². The summed E-state index contributed by atoms with van der Waals surface area (Å²) in [7, 11) is -3.10. The first kappa shape index (κ1) is 15.0. The Kier molecular flexibility index (Phi) is 4.33. The predicted octanol–water partition coefficient (Wildman–Crippen LogP) is 1.84. The van der Waals surface area contributed by atoms with Crippen LogP contribution in [0.1, 0.15) is 31.4 Å². The van der Waals surface area contributed by atoms with E-state index in [1.807, 2.05) is 12.1 Å². The van der Waals surface area contributed by atoms with Gasteiger partial charge >= 0.3 is 0 Å². The van der Waals surface area contributed by atoms with Gasteiger partial charge in [0.2, 0.25) is 0 Å². The maximum absolute atomic E-state index is 12.1. The standard InChI is InChI=1S/C16H24N2O2S/c1-13(11-18-8-4-5-9-18)10-17-15-12-21(19,20)16-7-3-2-6-14(15)16/h2-3,6-7,13,15,17H,4-5,8-12H2,1H3. The highest BCUT2D eigenvalue weighted by Crippen LogP contribution is 2.32. The van der Waals surface area contributed by atoms with E-state index >= 15 is 0 Å². The average molecular weight is 308 g/mol. The number of nitrogens with one attached hydrogen (secondary N) is 1. The molecule has 3 rings (SSSR count). The molecule has 2 unspecified atom stereocenters. The first-order valence-corrected chi connectivity index (χ1v) is 9.49. The third kappa shape index (κ3) is 3.30. The molecule has 2 heterocycles. The molecule has 116 valence electrons. The van der Waals surface area contributed by atoms with E-state index in [4.69, 9.17) is 0 Å². The highest BCUT2D eigenvalue weighted by Gasteiger charge is 2.34. The summed E-state index contributed by atoms with van der Waals surface area (Å²) < 4.78 is 24.3. The zero-order valence-corrected chi connectivity index (χ0v) is 13.4. The third-order valence-corrected chi connectivity index (χ3v) is 6.31. The SMILES string of the molecule is CC(CNC1CS(=O)(=O)c2ccccc21)CN1CCCC1. The van der Waals surface area contributed by atoms with E-state index < -0.39 is 9.84 Å². The van der Waals surface area contributed by atoms with Crippen LogP contribution in [0.3, 0.4) is 0 Å². The fraction of sp³-hybridized carbons (Fsp3) is 0.625. The van der Waals surface area contributed by atoms with Crippen molar-refractivity contribution in [3.63, 3.8) is 0 Å². The van der Waals surface area contributed by atoms with Crippen LogP contribution in [-0.2, 0) is 9.84 Å². The maximum atomic E-state index is 12.1. The van der Waals surface area contributed by atoms with Crippen LogP contribution in [-0.4, -0.2) is 45.2 Å². The van der Waals surface area contributed by atoms with Crippen LogP contribution >= 0.6 is 0 Å². The highest BCUT2D eigenvalue weighted by molar-refractivity contribution is 7.91. The summed E-state index contributed by atoms with van der Waals surface area (Å²) in [5.74, 6) is 0.738. The Labute approximate surface area is 127 Å². The van der Waals surface area contributed by atoms with Gasteiger partial charge in [-0.05, 0) is 50.0 Å². The molecule has 4 nitrogen and oxygen atoms in total. The molecule has 0 spiro atoms. The minimum absolute atomic E-state index is 0.0489. The third-order valence-electron chi connectivity index (χ3n) is 4.50. The average Bonchev–Trinajstić information content (AvgIpc) is 3.04. The molecule has 21 heavy (non-hydrogen) atoms. The summed E-state index contributed by atoms with van der Waals surface area (Å²) in [5.41, 5.74) is 0.936. The van der Waals surface area contributed by atoms with Crippen molar-refractivity contribution in [1.82, 2.24) is 10.2 Å². The van der Waals surface area contributed by atoms with Gasteiger partial charge in [0.25, 0.3) is 0 Å². The first-order valence-electron chi connectivity index (χ1n) is 7.84. The van der Waals surface area contributed by atoms with Crippen molar-refractivity contribution in [3.8, 4) is 0 Å². The first-order chi connectivity index (χ1) is 10.1. The predicted molar refractivity (Wildman–Crippen MR) is 84.1 cm³/mol. The van der Waals surface area contributed by atoms with Crippen LogP contribution in [0.2, 0.25) is 0 Å². The molecule has 0 aliphatic carbocycles. The van der Waals surface area contributed by atoms with Gasteiger partial charge in [-0.1, -0.05) is 25.1 Å². The number of fused-ring (bicyclic) bond motifs is 1. The molecule has 0 saturated carbocycles. The number of hydrogen-bond acceptors (Lipinski definition) is 4. The molecular formula is C16H24N2O2S. The molecule has 0 bridgehead atoms. The van der Waals surface area contributed by atoms with E-state index in [1.165, 1.54) is 25.9 Å². The number of nitrogens with zero attached hydrogens (tertiary/aromatic N) is 1. The van der Waals surface area contributed by atoms with Crippen LogP contribution in [0, 0.1) is 5.92 Å². The molecule has 0 radical (unpaired) electrons. The molecule has 2 atom stereocenters. The van der Waals surface area contributed by atoms with E-state index in [2.05, 4.69) is 17.1 Å². The summed E-state index contributed by atoms with van der Waals surface area (Å²) in [6, 6.07) is 7.33. The largest absolute Gasteiger partial charge is 0.309 e. The smallest absolute Gasteiger partial charge is 0.180 e. The number of hydrogen-bond donors (Lipinski definition) is 1. The molecule has 2 aliphatic rings. The monoisotopic (exact) mass is 308 g/mol. The van der Waals surface area contributed by atoms with Crippen molar-refractivity contribution in [1.29, 1.82) is 0 Å². The summed E-state index contributed by atoms with van der Waals surface area (Å²) in [6.07, 6.45) is 2.63. The molecule has 2 aliphatic heterocycles. The Morgan fingerprint density at radius 3 is 2.76 bits per heavy atom. The second kappa shape index (κ2) is 6.07. The van der Waals surface area contributed by atoms with E-state index in [9.17, 15) is 8.42 Å². The lowest BCUT2D eigenvalue weighted by molar-refractivity contribution is 0.279. The number of rotatable bonds is 5. The van der Waals surface area contributed by atoms with E-state index in [0.717, 1.165) is 18.7 Å². The Bertz CT molecular complexity index is 594. The van der Waals surface area contributed by atoms with Crippen LogP contribution in [0.15, 0.2) is 29.2 Å². The number of benzene rings is 1. The highest BCUT2D eigenvalue weighted by atomic mass is 32.2. The Hall–Kier alpha value is -0.910. The van der Waals surface area contributed by atoms with Gasteiger partial charge in [0.05, 0.1) is 10.6 Å². The van der Waals surface area contributed by atoms with Gasteiger partial charge in [0.1, 0.15) is 0 Å². The summed E-state index contributed by atoms with van der Waals surface area (Å²) >= 11 is 0. The van der Waals surface area contributed by atoms with Crippen molar-refractivity contribution >= 4 is 9.84 Å². The zero-order valence-electron chi connectivity index (χ0n) is 12.6. The number of sulfone groups is 1. The second-order valence-electron chi connectivity index (χ2n) is 6.39. The fourth-order valence-corrected chi connectivity index (χ4v) is 5.20. The van der Waals surface area contributed by atoms with Crippen molar-refractivity contribution in [2.45, 2.75) is 30.7 Å². The summed E-state index contributed by atoms with van der Waals surface area (Å²) in [5, 5.41) is 3.46. The molecule has 1 N–H and O–H groups in total. The van der Waals surface area contributed by atoms with Crippen LogP contribution in [0.25, 0.3) is 0 Å². The van der Waals surface area contributed by atoms with Gasteiger partial charge in [-0.3, -0.25) is 0 Å². The van der Waals surface area contributed by atoms with Gasteiger partial charge in [-0.15, -0.1) is 0 Å². The summed E-state index contributed by atoms with van der Waals surface area (Å²) in [6.45, 7) is 6.63. The minimum Gasteiger partial charge on any atom is -0.309 e. The molecule has 1 saturated heterocycles. The van der Waals surface area contributed by atoms with E-state index in [-0.39, 0.29) is 11.8 Å². The van der Waals surface area contributed by atoms with Crippen molar-refractivity contribution in [2.24, 2.45) is 5.92 Å². The lowest BCUT2D eigenvalue weighted by Crippen LogP contribution is -2.33. The number of likely N-dealkylation sites (tertiary alicyclic amines) is 1. The van der Waals surface area contributed by atoms with Gasteiger partial charge in [0.15, 0.2) is 9.84 Å². The quantitative estimate of drug-likeness (QED) is 0.902. The molecule has 1 aromatic rings. The van der Waals surface area contributed by atoms with Crippen LogP contribution < -0.4 is 5.32 Å². The Balaban J connectivity index is 1.59. The Morgan fingerprint density at radius 1 is 1.29 bits per heavy atom. The lowest BCUT2D eigenvalue weighted by atomic mass is 10.1. The zero-order chi connectivity index (χ0) is 14.9. The molecule has 1 fully saturated rings. The molecular weight excluding hydrogens is 284 g/mol. The van der Waals surface area contributed by atoms with Gasteiger partial charge in [-0.25, -0.2) is 8.42 Å². The second-order valence-corrected chi connectivity index (χ2v) is 8.40. The molecule has 0 amide bonds. The van der Waals surface area contributed by atoms with Gasteiger partial charge in [-0.2, -0.15) is 0 Å². The normalized spacial score (nSPS) is 25.9. The minimum atomic E-state index is -3.10. The molecule has 0 aromatic heterocycles. The van der Waals surface area contributed by atoms with E-state index in [1.54, 1.807) is 12.1 Å². The van der Waals surface area contributed by atoms with Crippen LogP contribution in [0.5, 0.6) is 0 Å². The Morgan fingerprint density at radius 2 is 2.00 bits per heavy atom. The van der Waals surface area contributed by atoms with Crippen LogP contribution in [0.4, 0.5) is 0 Å². The van der Waals surface area contributed by atoms with Crippen molar-refractivity contribution in [3.05, 3.63) is 29.8 Å². The molecule has 1 aromatic carbocycles. The topological polar surface area (TPSA) is 49.4 Å².